The number of amides is 1. The van der Waals surface area contributed by atoms with Gasteiger partial charge in [0.05, 0.1) is 24.9 Å². The highest BCUT2D eigenvalue weighted by molar-refractivity contribution is 5.85. The number of hydrogen-bond donors (Lipinski definition) is 0. The van der Waals surface area contributed by atoms with Crippen molar-refractivity contribution in [3.63, 3.8) is 0 Å². The average Bonchev–Trinajstić information content (AvgIpc) is 3.43. The fraction of sp³-hybridized carbons (Fsp3) is 0.441. The molecule has 4 heterocycles. The van der Waals surface area contributed by atoms with E-state index >= 15 is 0 Å². The van der Waals surface area contributed by atoms with Crippen LogP contribution in [0.25, 0.3) is 22.2 Å². The molecule has 2 aliphatic rings. The van der Waals surface area contributed by atoms with E-state index in [4.69, 9.17) is 14.2 Å². The van der Waals surface area contributed by atoms with Crippen molar-refractivity contribution in [2.24, 2.45) is 13.0 Å². The van der Waals surface area contributed by atoms with E-state index < -0.39 is 0 Å². The molecule has 4 aromatic rings. The SMILES string of the molecule is Cn1ncc2cc(-c3ncccc3OCC(=O)N3CCC(CCc4cccc(OCCN5CCOCC5)c4)CC3)ccc21. The predicted octanol–water partition coefficient (Wildman–Crippen LogP) is 4.60. The summed E-state index contributed by atoms with van der Waals surface area (Å²) >= 11 is 0. The van der Waals surface area contributed by atoms with Gasteiger partial charge in [0, 0.05) is 56.9 Å². The summed E-state index contributed by atoms with van der Waals surface area (Å²) < 4.78 is 19.3. The van der Waals surface area contributed by atoms with Crippen LogP contribution in [0.4, 0.5) is 0 Å². The fourth-order valence-corrected chi connectivity index (χ4v) is 6.02. The van der Waals surface area contributed by atoms with Crippen LogP contribution in [0.5, 0.6) is 11.5 Å². The molecule has 2 aliphatic heterocycles. The van der Waals surface area contributed by atoms with Crippen LogP contribution < -0.4 is 9.47 Å². The fourth-order valence-electron chi connectivity index (χ4n) is 6.02. The number of aryl methyl sites for hydroxylation is 2. The molecular weight excluding hydrogens is 542 g/mol. The minimum Gasteiger partial charge on any atom is -0.492 e. The molecule has 0 unspecified atom stereocenters. The largest absolute Gasteiger partial charge is 0.492 e. The van der Waals surface area contributed by atoms with Crippen molar-refractivity contribution in [3.8, 4) is 22.8 Å². The van der Waals surface area contributed by atoms with Crippen molar-refractivity contribution in [1.82, 2.24) is 24.6 Å². The van der Waals surface area contributed by atoms with E-state index in [1.807, 2.05) is 53.2 Å². The number of benzene rings is 2. The standard InChI is InChI=1S/C34H41N5O4/c1-37-31-10-9-28(23-29(31)24-36-37)34-32(6-3-13-35-34)43-25-33(40)39-14-11-26(12-15-39)7-8-27-4-2-5-30(22-27)42-21-18-38-16-19-41-20-17-38/h2-6,9-10,13,22-24,26H,7-8,11-12,14-21,25H2,1H3. The number of aromatic nitrogens is 3. The number of piperidine rings is 1. The number of likely N-dealkylation sites (tertiary alicyclic amines) is 1. The zero-order chi connectivity index (χ0) is 29.4. The van der Waals surface area contributed by atoms with Crippen molar-refractivity contribution >= 4 is 16.8 Å². The highest BCUT2D eigenvalue weighted by Crippen LogP contribution is 2.30. The van der Waals surface area contributed by atoms with Crippen LogP contribution in [0.3, 0.4) is 0 Å². The quantitative estimate of drug-likeness (QED) is 0.255. The van der Waals surface area contributed by atoms with Gasteiger partial charge in [0.2, 0.25) is 0 Å². The monoisotopic (exact) mass is 583 g/mol. The Morgan fingerprint density at radius 2 is 1.86 bits per heavy atom. The highest BCUT2D eigenvalue weighted by atomic mass is 16.5. The molecule has 6 rings (SSSR count). The van der Waals surface area contributed by atoms with Gasteiger partial charge in [0.1, 0.15) is 23.8 Å². The Bertz CT molecular complexity index is 1510. The number of carbonyl (C=O) groups is 1. The summed E-state index contributed by atoms with van der Waals surface area (Å²) in [5, 5.41) is 5.37. The molecule has 2 saturated heterocycles. The molecule has 2 aromatic carbocycles. The number of nitrogens with zero attached hydrogens (tertiary/aromatic N) is 5. The first-order chi connectivity index (χ1) is 21.1. The zero-order valence-corrected chi connectivity index (χ0v) is 25.0. The molecule has 0 spiro atoms. The number of hydrogen-bond acceptors (Lipinski definition) is 7. The van der Waals surface area contributed by atoms with Gasteiger partial charge in [-0.1, -0.05) is 18.2 Å². The van der Waals surface area contributed by atoms with Crippen LogP contribution in [0.1, 0.15) is 24.8 Å². The maximum atomic E-state index is 13.1. The van der Waals surface area contributed by atoms with Gasteiger partial charge in [-0.15, -0.1) is 0 Å². The zero-order valence-electron chi connectivity index (χ0n) is 25.0. The maximum absolute atomic E-state index is 13.1. The number of ether oxygens (including phenoxy) is 3. The topological polar surface area (TPSA) is 82.0 Å². The molecule has 9 heteroatoms. The van der Waals surface area contributed by atoms with Gasteiger partial charge in [-0.25, -0.2) is 0 Å². The summed E-state index contributed by atoms with van der Waals surface area (Å²) in [6.07, 6.45) is 7.77. The predicted molar refractivity (Wildman–Crippen MR) is 166 cm³/mol. The van der Waals surface area contributed by atoms with E-state index in [0.29, 0.717) is 18.3 Å². The normalized spacial score (nSPS) is 16.4. The van der Waals surface area contributed by atoms with Crippen LogP contribution in [-0.4, -0.2) is 89.6 Å². The van der Waals surface area contributed by atoms with Gasteiger partial charge in [-0.2, -0.15) is 5.10 Å². The Morgan fingerprint density at radius 3 is 2.72 bits per heavy atom. The van der Waals surface area contributed by atoms with E-state index in [1.165, 1.54) is 5.56 Å². The van der Waals surface area contributed by atoms with Gasteiger partial charge in [0.15, 0.2) is 6.61 Å². The Kier molecular flexibility index (Phi) is 9.50. The van der Waals surface area contributed by atoms with Gasteiger partial charge < -0.3 is 19.1 Å². The van der Waals surface area contributed by atoms with Gasteiger partial charge in [-0.05, 0) is 73.6 Å². The first-order valence-electron chi connectivity index (χ1n) is 15.4. The summed E-state index contributed by atoms with van der Waals surface area (Å²) in [4.78, 5) is 21.9. The average molecular weight is 584 g/mol. The lowest BCUT2D eigenvalue weighted by atomic mass is 9.90. The molecule has 0 atom stereocenters. The van der Waals surface area contributed by atoms with Crippen LogP contribution >= 0.6 is 0 Å². The Labute approximate surface area is 253 Å². The highest BCUT2D eigenvalue weighted by Gasteiger charge is 2.23. The third-order valence-electron chi connectivity index (χ3n) is 8.63. The molecule has 2 aromatic heterocycles. The molecule has 9 nitrogen and oxygen atoms in total. The Balaban J connectivity index is 0.942. The lowest BCUT2D eigenvalue weighted by molar-refractivity contribution is -0.134. The van der Waals surface area contributed by atoms with Crippen molar-refractivity contribution < 1.29 is 19.0 Å². The Hall–Kier alpha value is -3.95. The number of carbonyl (C=O) groups excluding carboxylic acids is 1. The Morgan fingerprint density at radius 1 is 1.00 bits per heavy atom. The van der Waals surface area contributed by atoms with Gasteiger partial charge in [-0.3, -0.25) is 19.4 Å². The molecule has 2 fully saturated rings. The van der Waals surface area contributed by atoms with Crippen molar-refractivity contribution in [1.29, 1.82) is 0 Å². The minimum absolute atomic E-state index is 0.0107. The van der Waals surface area contributed by atoms with Crippen LogP contribution in [0, 0.1) is 5.92 Å². The third kappa shape index (κ3) is 7.53. The second kappa shape index (κ2) is 14.0. The molecular formula is C34H41N5O4. The lowest BCUT2D eigenvalue weighted by Crippen LogP contribution is -2.41. The number of fused-ring (bicyclic) bond motifs is 1. The number of rotatable bonds is 11. The molecule has 43 heavy (non-hydrogen) atoms. The van der Waals surface area contributed by atoms with Crippen molar-refractivity contribution in [3.05, 3.63) is 72.6 Å². The summed E-state index contributed by atoms with van der Waals surface area (Å²) in [7, 11) is 1.93. The summed E-state index contributed by atoms with van der Waals surface area (Å²) in [5.41, 5.74) is 4.03. The van der Waals surface area contributed by atoms with E-state index in [9.17, 15) is 4.79 Å². The molecule has 226 valence electrons. The van der Waals surface area contributed by atoms with Crippen LogP contribution in [0.15, 0.2) is 67.0 Å². The van der Waals surface area contributed by atoms with E-state index in [1.54, 1.807) is 6.20 Å². The summed E-state index contributed by atoms with van der Waals surface area (Å²) in [6.45, 7) is 6.78. The van der Waals surface area contributed by atoms with E-state index in [2.05, 4.69) is 39.2 Å². The van der Waals surface area contributed by atoms with Gasteiger partial charge >= 0.3 is 0 Å². The van der Waals surface area contributed by atoms with Gasteiger partial charge in [0.25, 0.3) is 5.91 Å². The summed E-state index contributed by atoms with van der Waals surface area (Å²) in [5.74, 6) is 2.20. The van der Waals surface area contributed by atoms with Crippen LogP contribution in [-0.2, 0) is 23.0 Å². The number of pyridine rings is 1. The molecule has 0 bridgehead atoms. The molecule has 1 amide bonds. The van der Waals surface area contributed by atoms with E-state index in [-0.39, 0.29) is 12.5 Å². The molecule has 0 radical (unpaired) electrons. The van der Waals surface area contributed by atoms with Crippen LogP contribution in [0.2, 0.25) is 0 Å². The first kappa shape index (κ1) is 29.1. The second-order valence-electron chi connectivity index (χ2n) is 11.5. The molecule has 0 saturated carbocycles. The lowest BCUT2D eigenvalue weighted by Gasteiger charge is -2.32. The molecule has 0 aliphatic carbocycles. The van der Waals surface area contributed by atoms with Crippen molar-refractivity contribution in [2.45, 2.75) is 25.7 Å². The minimum atomic E-state index is 0.0107. The van der Waals surface area contributed by atoms with Crippen molar-refractivity contribution in [2.75, 3.05) is 59.2 Å². The molecule has 0 N–H and O–H groups in total. The smallest absolute Gasteiger partial charge is 0.260 e. The second-order valence-corrected chi connectivity index (χ2v) is 11.5. The van der Waals surface area contributed by atoms with E-state index in [0.717, 1.165) is 99.5 Å². The number of morpholine rings is 1. The summed E-state index contributed by atoms with van der Waals surface area (Å²) in [6, 6.07) is 18.3. The maximum Gasteiger partial charge on any atom is 0.260 e. The third-order valence-corrected chi connectivity index (χ3v) is 8.63. The first-order valence-corrected chi connectivity index (χ1v) is 15.4.